The standard InChI is InChI=1S/C27H29F6N3O3/c1-4-39-25(38)36-15(2)8-22(21-11-17-6-5-7-18(17)12-23(21)36)35(24(37)34-3)14-16-9-19(26(28,29)30)13-20(10-16)27(31,32)33/h9-13,15,22H,4-8,14H2,1-3H3,(H,34,37). The highest BCUT2D eigenvalue weighted by atomic mass is 19.4. The molecular weight excluding hydrogens is 528 g/mol. The molecule has 2 unspecified atom stereocenters. The smallest absolute Gasteiger partial charge is 0.416 e. The van der Waals surface area contributed by atoms with E-state index in [2.05, 4.69) is 5.32 Å². The average Bonchev–Trinajstić information content (AvgIpc) is 3.31. The molecule has 1 N–H and O–H groups in total. The van der Waals surface area contributed by atoms with Crippen molar-refractivity contribution in [3.8, 4) is 0 Å². The third-order valence-electron chi connectivity index (χ3n) is 7.18. The molecule has 12 heteroatoms. The van der Waals surface area contributed by atoms with Gasteiger partial charge in [-0.15, -0.1) is 0 Å². The van der Waals surface area contributed by atoms with Gasteiger partial charge in [-0.3, -0.25) is 4.90 Å². The number of urea groups is 1. The van der Waals surface area contributed by atoms with E-state index in [1.165, 1.54) is 16.8 Å². The van der Waals surface area contributed by atoms with Crippen LogP contribution < -0.4 is 10.2 Å². The SMILES string of the molecule is CCOC(=O)N1c2cc3c(cc2C(N(Cc2cc(C(F)(F)F)cc(C(F)(F)F)c2)C(=O)NC)CC1C)CCC3. The van der Waals surface area contributed by atoms with Gasteiger partial charge in [0.1, 0.15) is 0 Å². The minimum atomic E-state index is -5.01. The Balaban J connectivity index is 1.83. The van der Waals surface area contributed by atoms with E-state index in [-0.39, 0.29) is 24.7 Å². The molecular formula is C27H29F6N3O3. The molecule has 1 aliphatic carbocycles. The summed E-state index contributed by atoms with van der Waals surface area (Å²) in [4.78, 5) is 28.7. The zero-order valence-electron chi connectivity index (χ0n) is 21.7. The summed E-state index contributed by atoms with van der Waals surface area (Å²) < 4.78 is 86.3. The van der Waals surface area contributed by atoms with Gasteiger partial charge < -0.3 is 15.0 Å². The second-order valence-corrected chi connectivity index (χ2v) is 9.80. The monoisotopic (exact) mass is 557 g/mol. The molecule has 1 heterocycles. The molecule has 0 bridgehead atoms. The van der Waals surface area contributed by atoms with Crippen LogP contribution in [0.1, 0.15) is 66.1 Å². The maximum Gasteiger partial charge on any atom is 0.416 e. The third kappa shape index (κ3) is 5.79. The van der Waals surface area contributed by atoms with Crippen molar-refractivity contribution >= 4 is 17.8 Å². The number of anilines is 1. The molecule has 0 fully saturated rings. The molecule has 2 aromatic rings. The first kappa shape index (κ1) is 28.6. The summed E-state index contributed by atoms with van der Waals surface area (Å²) in [6.07, 6.45) is -7.90. The Bertz CT molecular complexity index is 1230. The molecule has 0 spiro atoms. The van der Waals surface area contributed by atoms with Crippen molar-refractivity contribution < 1.29 is 40.7 Å². The number of benzene rings is 2. The van der Waals surface area contributed by atoms with E-state index in [4.69, 9.17) is 4.74 Å². The summed E-state index contributed by atoms with van der Waals surface area (Å²) in [5.41, 5.74) is -0.0209. The van der Waals surface area contributed by atoms with Gasteiger partial charge in [-0.1, -0.05) is 6.07 Å². The zero-order chi connectivity index (χ0) is 28.7. The molecule has 2 aromatic carbocycles. The Hall–Kier alpha value is -3.44. The van der Waals surface area contributed by atoms with Crippen molar-refractivity contribution in [2.24, 2.45) is 0 Å². The Morgan fingerprint density at radius 2 is 1.59 bits per heavy atom. The van der Waals surface area contributed by atoms with Gasteiger partial charge in [0.15, 0.2) is 0 Å². The molecule has 39 heavy (non-hydrogen) atoms. The molecule has 0 aromatic heterocycles. The molecule has 1 aliphatic heterocycles. The predicted molar refractivity (Wildman–Crippen MR) is 131 cm³/mol. The van der Waals surface area contributed by atoms with Crippen LogP contribution in [-0.2, 0) is 36.5 Å². The van der Waals surface area contributed by atoms with Gasteiger partial charge in [-0.05, 0) is 86.1 Å². The number of halogens is 6. The summed E-state index contributed by atoms with van der Waals surface area (Å²) in [6.45, 7) is 3.07. The summed E-state index contributed by atoms with van der Waals surface area (Å²) in [7, 11) is 1.34. The number of alkyl halides is 6. The van der Waals surface area contributed by atoms with E-state index in [1.807, 2.05) is 12.1 Å². The molecule has 4 rings (SSSR count). The van der Waals surface area contributed by atoms with Gasteiger partial charge in [-0.2, -0.15) is 26.3 Å². The number of aryl methyl sites for hydroxylation is 2. The molecule has 0 saturated carbocycles. The van der Waals surface area contributed by atoms with Crippen LogP contribution in [0.4, 0.5) is 41.6 Å². The first-order valence-electron chi connectivity index (χ1n) is 12.6. The minimum Gasteiger partial charge on any atom is -0.449 e. The molecule has 212 valence electrons. The molecule has 2 atom stereocenters. The van der Waals surface area contributed by atoms with Gasteiger partial charge in [-0.25, -0.2) is 9.59 Å². The maximum atomic E-state index is 13.5. The van der Waals surface area contributed by atoms with Crippen LogP contribution in [0.3, 0.4) is 0 Å². The van der Waals surface area contributed by atoms with Crippen LogP contribution in [0, 0.1) is 0 Å². The lowest BCUT2D eigenvalue weighted by Crippen LogP contribution is -2.49. The lowest BCUT2D eigenvalue weighted by molar-refractivity contribution is -0.143. The van der Waals surface area contributed by atoms with E-state index in [0.717, 1.165) is 30.4 Å². The number of nitrogens with one attached hydrogen (secondary N) is 1. The highest BCUT2D eigenvalue weighted by Crippen LogP contribution is 2.45. The van der Waals surface area contributed by atoms with Crippen LogP contribution in [0.15, 0.2) is 30.3 Å². The quantitative estimate of drug-likeness (QED) is 0.419. The van der Waals surface area contributed by atoms with Crippen LogP contribution in [0.5, 0.6) is 0 Å². The van der Waals surface area contributed by atoms with E-state index < -0.39 is 54.2 Å². The summed E-state index contributed by atoms with van der Waals surface area (Å²) in [5.74, 6) is 0. The average molecular weight is 558 g/mol. The topological polar surface area (TPSA) is 61.9 Å². The van der Waals surface area contributed by atoms with Crippen LogP contribution in [0.2, 0.25) is 0 Å². The van der Waals surface area contributed by atoms with Crippen LogP contribution >= 0.6 is 0 Å². The largest absolute Gasteiger partial charge is 0.449 e. The Kier molecular flexibility index (Phi) is 7.77. The van der Waals surface area contributed by atoms with Crippen molar-refractivity contribution in [3.05, 3.63) is 63.7 Å². The molecule has 3 amide bonds. The van der Waals surface area contributed by atoms with E-state index >= 15 is 0 Å². The fourth-order valence-electron chi connectivity index (χ4n) is 5.44. The van der Waals surface area contributed by atoms with Crippen molar-refractivity contribution in [3.63, 3.8) is 0 Å². The molecule has 0 saturated heterocycles. The number of carbonyl (C=O) groups is 2. The number of carbonyl (C=O) groups excluding carboxylic acids is 2. The van der Waals surface area contributed by atoms with Crippen molar-refractivity contribution in [1.29, 1.82) is 0 Å². The van der Waals surface area contributed by atoms with Crippen LogP contribution in [0.25, 0.3) is 0 Å². The number of ether oxygens (including phenoxy) is 1. The fourth-order valence-corrected chi connectivity index (χ4v) is 5.44. The lowest BCUT2D eigenvalue weighted by Gasteiger charge is -2.43. The lowest BCUT2D eigenvalue weighted by atomic mass is 9.88. The maximum absolute atomic E-state index is 13.5. The van der Waals surface area contributed by atoms with Gasteiger partial charge in [0.05, 0.1) is 29.5 Å². The van der Waals surface area contributed by atoms with E-state index in [0.29, 0.717) is 23.4 Å². The van der Waals surface area contributed by atoms with E-state index in [1.54, 1.807) is 13.8 Å². The van der Waals surface area contributed by atoms with Crippen molar-refractivity contribution in [2.75, 3.05) is 18.6 Å². The molecule has 6 nitrogen and oxygen atoms in total. The highest BCUT2D eigenvalue weighted by molar-refractivity contribution is 5.91. The number of fused-ring (bicyclic) bond motifs is 2. The summed E-state index contributed by atoms with van der Waals surface area (Å²) in [5, 5.41) is 2.46. The molecule has 2 aliphatic rings. The van der Waals surface area contributed by atoms with Crippen molar-refractivity contribution in [2.45, 2.75) is 70.5 Å². The Morgan fingerprint density at radius 1 is 1.00 bits per heavy atom. The van der Waals surface area contributed by atoms with Crippen LogP contribution in [-0.4, -0.2) is 36.7 Å². The van der Waals surface area contributed by atoms with Gasteiger partial charge >= 0.3 is 24.5 Å². The number of rotatable bonds is 4. The Morgan fingerprint density at radius 3 is 2.13 bits per heavy atom. The predicted octanol–water partition coefficient (Wildman–Crippen LogP) is 6.85. The zero-order valence-corrected chi connectivity index (χ0v) is 21.7. The van der Waals surface area contributed by atoms with E-state index in [9.17, 15) is 35.9 Å². The first-order valence-corrected chi connectivity index (χ1v) is 12.6. The van der Waals surface area contributed by atoms with Gasteiger partial charge in [0, 0.05) is 19.6 Å². The normalized spacial score (nSPS) is 18.8. The second-order valence-electron chi connectivity index (χ2n) is 9.80. The number of nitrogens with zero attached hydrogens (tertiary/aromatic N) is 2. The molecule has 0 radical (unpaired) electrons. The highest BCUT2D eigenvalue weighted by Gasteiger charge is 2.41. The Labute approximate surface area is 221 Å². The first-order chi connectivity index (χ1) is 18.2. The van der Waals surface area contributed by atoms with Gasteiger partial charge in [0.2, 0.25) is 0 Å². The number of amides is 3. The third-order valence-corrected chi connectivity index (χ3v) is 7.18. The summed E-state index contributed by atoms with van der Waals surface area (Å²) >= 11 is 0. The fraction of sp³-hybridized carbons (Fsp3) is 0.481. The number of hydrogen-bond donors (Lipinski definition) is 1. The summed E-state index contributed by atoms with van der Waals surface area (Å²) in [6, 6.07) is 3.23. The van der Waals surface area contributed by atoms with Gasteiger partial charge in [0.25, 0.3) is 0 Å². The van der Waals surface area contributed by atoms with Crippen molar-refractivity contribution in [1.82, 2.24) is 10.2 Å². The second kappa shape index (κ2) is 10.6. The number of hydrogen-bond acceptors (Lipinski definition) is 3. The minimum absolute atomic E-state index is 0.0617.